The third kappa shape index (κ3) is 2.55. The van der Waals surface area contributed by atoms with Crippen molar-refractivity contribution in [3.8, 4) is 0 Å². The molecule has 1 heterocycles. The van der Waals surface area contributed by atoms with Crippen molar-refractivity contribution >= 4 is 43.2 Å². The van der Waals surface area contributed by atoms with Gasteiger partial charge in [0.1, 0.15) is 0 Å². The molecule has 0 saturated heterocycles. The number of hydrogen-bond acceptors (Lipinski definition) is 2. The summed E-state index contributed by atoms with van der Waals surface area (Å²) in [6.45, 7) is 2.15. The molecule has 1 unspecified atom stereocenters. The van der Waals surface area contributed by atoms with Crippen molar-refractivity contribution in [1.29, 1.82) is 0 Å². The predicted octanol–water partition coefficient (Wildman–Crippen LogP) is 5.21. The van der Waals surface area contributed by atoms with Gasteiger partial charge in [-0.25, -0.2) is 0 Å². The zero-order valence-corrected chi connectivity index (χ0v) is 13.5. The number of methoxy groups -OCH3 is 1. The number of thiophene rings is 1. The van der Waals surface area contributed by atoms with Gasteiger partial charge in [0.15, 0.2) is 0 Å². The van der Waals surface area contributed by atoms with Gasteiger partial charge in [-0.15, -0.1) is 11.3 Å². The monoisotopic (exact) mass is 366 g/mol. The number of alkyl halides is 1. The summed E-state index contributed by atoms with van der Waals surface area (Å²) in [5, 5.41) is 0. The van der Waals surface area contributed by atoms with Gasteiger partial charge in [0.05, 0.1) is 10.4 Å². The summed E-state index contributed by atoms with van der Waals surface area (Å²) in [6, 6.07) is 2.22. The van der Waals surface area contributed by atoms with Gasteiger partial charge in [0.2, 0.25) is 0 Å². The van der Waals surface area contributed by atoms with Crippen molar-refractivity contribution < 1.29 is 4.74 Å². The molecule has 90 valence electrons. The molecular weight excluding hydrogens is 352 g/mol. The molecule has 1 saturated carbocycles. The summed E-state index contributed by atoms with van der Waals surface area (Å²) in [5.41, 5.74) is 0.137. The molecule has 0 N–H and O–H groups in total. The molecule has 2 rings (SSSR count). The molecule has 0 spiro atoms. The highest BCUT2D eigenvalue weighted by Gasteiger charge is 2.39. The maximum Gasteiger partial charge on any atom is 0.0693 e. The van der Waals surface area contributed by atoms with Gasteiger partial charge < -0.3 is 4.74 Å². The average molecular weight is 368 g/mol. The van der Waals surface area contributed by atoms with Crippen LogP contribution in [0.5, 0.6) is 0 Å². The topological polar surface area (TPSA) is 9.23 Å². The van der Waals surface area contributed by atoms with E-state index in [0.717, 1.165) is 6.42 Å². The summed E-state index contributed by atoms with van der Waals surface area (Å²) >= 11 is 9.22. The van der Waals surface area contributed by atoms with E-state index >= 15 is 0 Å². The molecule has 1 fully saturated rings. The molecule has 0 aromatic carbocycles. The first kappa shape index (κ1) is 13.1. The lowest BCUT2D eigenvalue weighted by molar-refractivity contribution is -0.0772. The summed E-state index contributed by atoms with van der Waals surface area (Å²) in [6.07, 6.45) is 4.80. The molecule has 0 amide bonds. The fourth-order valence-electron chi connectivity index (χ4n) is 2.13. The first-order valence-corrected chi connectivity index (χ1v) is 8.04. The Morgan fingerprint density at radius 2 is 2.25 bits per heavy atom. The van der Waals surface area contributed by atoms with Crippen molar-refractivity contribution in [1.82, 2.24) is 0 Å². The standard InChI is InChI=1S/C12H16Br2OS/c1-8-9(13)6-11(16-8)10(14)7-12(15-2)4-3-5-12/h6,10H,3-5,7H2,1-2H3. The number of rotatable bonds is 4. The Balaban J connectivity index is 2.05. The van der Waals surface area contributed by atoms with E-state index < -0.39 is 0 Å². The first-order chi connectivity index (χ1) is 7.56. The average Bonchev–Trinajstić information content (AvgIpc) is 2.53. The molecule has 4 heteroatoms. The number of hydrogen-bond donors (Lipinski definition) is 0. The van der Waals surface area contributed by atoms with Gasteiger partial charge >= 0.3 is 0 Å². The van der Waals surface area contributed by atoms with Crippen LogP contribution in [0.1, 0.15) is 40.3 Å². The Morgan fingerprint density at radius 1 is 1.56 bits per heavy atom. The van der Waals surface area contributed by atoms with E-state index in [1.807, 2.05) is 18.4 Å². The Labute approximate surface area is 118 Å². The molecule has 16 heavy (non-hydrogen) atoms. The van der Waals surface area contributed by atoms with Gasteiger partial charge in [-0.3, -0.25) is 0 Å². The highest BCUT2D eigenvalue weighted by Crippen LogP contribution is 2.46. The molecule has 1 aromatic rings. The van der Waals surface area contributed by atoms with Crippen molar-refractivity contribution in [3.63, 3.8) is 0 Å². The lowest BCUT2D eigenvalue weighted by atomic mass is 9.76. The zero-order chi connectivity index (χ0) is 11.8. The highest BCUT2D eigenvalue weighted by atomic mass is 79.9. The second-order valence-corrected chi connectivity index (χ2v) is 7.71. The van der Waals surface area contributed by atoms with E-state index in [1.165, 1.54) is 33.5 Å². The van der Waals surface area contributed by atoms with E-state index in [4.69, 9.17) is 4.74 Å². The van der Waals surface area contributed by atoms with E-state index in [1.54, 1.807) is 0 Å². The van der Waals surface area contributed by atoms with E-state index in [2.05, 4.69) is 44.8 Å². The zero-order valence-electron chi connectivity index (χ0n) is 9.56. The normalized spacial score (nSPS) is 20.5. The van der Waals surface area contributed by atoms with Gasteiger partial charge in [-0.2, -0.15) is 0 Å². The van der Waals surface area contributed by atoms with E-state index in [9.17, 15) is 0 Å². The molecule has 1 aromatic heterocycles. The van der Waals surface area contributed by atoms with Crippen molar-refractivity contribution in [2.24, 2.45) is 0 Å². The van der Waals surface area contributed by atoms with Crippen LogP contribution in [0, 0.1) is 6.92 Å². The fourth-order valence-corrected chi connectivity index (χ4v) is 4.67. The minimum Gasteiger partial charge on any atom is -0.378 e. The lowest BCUT2D eigenvalue weighted by Crippen LogP contribution is -2.39. The van der Waals surface area contributed by atoms with Crippen LogP contribution in [0.3, 0.4) is 0 Å². The molecule has 0 radical (unpaired) electrons. The summed E-state index contributed by atoms with van der Waals surface area (Å²) in [7, 11) is 1.84. The molecule has 0 aliphatic heterocycles. The Hall–Kier alpha value is 0.620. The van der Waals surface area contributed by atoms with Crippen LogP contribution in [0.2, 0.25) is 0 Å². The minimum atomic E-state index is 0.137. The van der Waals surface area contributed by atoms with E-state index in [-0.39, 0.29) is 5.60 Å². The number of halogens is 2. The Kier molecular flexibility index (Phi) is 4.15. The van der Waals surface area contributed by atoms with Crippen LogP contribution in [0.4, 0.5) is 0 Å². The second kappa shape index (κ2) is 5.09. The highest BCUT2D eigenvalue weighted by molar-refractivity contribution is 9.10. The Morgan fingerprint density at radius 3 is 2.62 bits per heavy atom. The molecular formula is C12H16Br2OS. The van der Waals surface area contributed by atoms with Crippen LogP contribution in [0.25, 0.3) is 0 Å². The summed E-state index contributed by atoms with van der Waals surface area (Å²) in [4.78, 5) is 3.16. The fraction of sp³-hybridized carbons (Fsp3) is 0.667. The molecule has 1 nitrogen and oxygen atoms in total. The van der Waals surface area contributed by atoms with Crippen LogP contribution in [0.15, 0.2) is 10.5 Å². The molecule has 0 bridgehead atoms. The van der Waals surface area contributed by atoms with Gasteiger partial charge in [0, 0.05) is 21.3 Å². The summed E-state index contributed by atoms with van der Waals surface area (Å²) < 4.78 is 6.89. The predicted molar refractivity (Wildman–Crippen MR) is 76.6 cm³/mol. The number of ether oxygens (including phenoxy) is 1. The molecule has 1 aliphatic carbocycles. The Bertz CT molecular complexity index is 346. The lowest BCUT2D eigenvalue weighted by Gasteiger charge is -2.41. The van der Waals surface area contributed by atoms with Gasteiger partial charge in [-0.1, -0.05) is 15.9 Å². The second-order valence-electron chi connectivity index (χ2n) is 4.47. The minimum absolute atomic E-state index is 0.137. The largest absolute Gasteiger partial charge is 0.378 e. The maximum absolute atomic E-state index is 5.67. The van der Waals surface area contributed by atoms with E-state index in [0.29, 0.717) is 4.83 Å². The van der Waals surface area contributed by atoms with Gasteiger partial charge in [-0.05, 0) is 54.6 Å². The SMILES string of the molecule is COC1(CC(Br)c2cc(Br)c(C)s2)CCC1. The van der Waals surface area contributed by atoms with Crippen LogP contribution in [-0.4, -0.2) is 12.7 Å². The van der Waals surface area contributed by atoms with Crippen molar-refractivity contribution in [2.75, 3.05) is 7.11 Å². The molecule has 1 atom stereocenters. The third-order valence-corrected chi connectivity index (χ3v) is 6.80. The van der Waals surface area contributed by atoms with Crippen LogP contribution < -0.4 is 0 Å². The number of aryl methyl sites for hydroxylation is 1. The maximum atomic E-state index is 5.67. The van der Waals surface area contributed by atoms with Crippen LogP contribution >= 0.6 is 43.2 Å². The molecule has 1 aliphatic rings. The summed E-state index contributed by atoms with van der Waals surface area (Å²) in [5.74, 6) is 0. The third-order valence-electron chi connectivity index (χ3n) is 3.43. The van der Waals surface area contributed by atoms with Crippen molar-refractivity contribution in [2.45, 2.75) is 43.0 Å². The smallest absolute Gasteiger partial charge is 0.0693 e. The quantitative estimate of drug-likeness (QED) is 0.663. The van der Waals surface area contributed by atoms with Crippen molar-refractivity contribution in [3.05, 3.63) is 20.3 Å². The van der Waals surface area contributed by atoms with Crippen LogP contribution in [-0.2, 0) is 4.74 Å². The van der Waals surface area contributed by atoms with Gasteiger partial charge in [0.25, 0.3) is 0 Å². The first-order valence-electron chi connectivity index (χ1n) is 5.51.